The van der Waals surface area contributed by atoms with Gasteiger partial charge in [-0.05, 0) is 37.3 Å². The van der Waals surface area contributed by atoms with Crippen LogP contribution in [0.4, 0.5) is 0 Å². The van der Waals surface area contributed by atoms with Crippen LogP contribution in [0.3, 0.4) is 0 Å². The minimum atomic E-state index is -0.760. The van der Waals surface area contributed by atoms with Crippen LogP contribution in [0.1, 0.15) is 36.3 Å². The summed E-state index contributed by atoms with van der Waals surface area (Å²) in [7, 11) is 0. The Morgan fingerprint density at radius 2 is 2.26 bits per heavy atom. The summed E-state index contributed by atoms with van der Waals surface area (Å²) in [6.45, 7) is 2.21. The summed E-state index contributed by atoms with van der Waals surface area (Å²) >= 11 is 3.52. The quantitative estimate of drug-likeness (QED) is 0.920. The normalized spacial score (nSPS) is 18.4. The van der Waals surface area contributed by atoms with E-state index in [1.165, 1.54) is 0 Å². The molecule has 1 aliphatic heterocycles. The first kappa shape index (κ1) is 12.8. The zero-order valence-electron chi connectivity index (χ0n) is 10.6. The van der Waals surface area contributed by atoms with Gasteiger partial charge >= 0.3 is 5.97 Å². The maximum absolute atomic E-state index is 11.1. The van der Waals surface area contributed by atoms with Crippen molar-refractivity contribution in [3.63, 3.8) is 0 Å². The second-order valence-corrected chi connectivity index (χ2v) is 6.03. The fraction of sp³-hybridized carbons (Fsp3) is 0.500. The Morgan fingerprint density at radius 3 is 2.89 bits per heavy atom. The van der Waals surface area contributed by atoms with Gasteiger partial charge in [0, 0.05) is 16.0 Å². The number of ether oxygens (including phenoxy) is 2. The van der Waals surface area contributed by atoms with Gasteiger partial charge in [0.1, 0.15) is 0 Å². The van der Waals surface area contributed by atoms with E-state index in [2.05, 4.69) is 15.9 Å². The zero-order chi connectivity index (χ0) is 13.6. The van der Waals surface area contributed by atoms with Gasteiger partial charge in [-0.15, -0.1) is 0 Å². The summed E-state index contributed by atoms with van der Waals surface area (Å²) < 4.78 is 11.9. The van der Waals surface area contributed by atoms with Gasteiger partial charge in [0.2, 0.25) is 6.79 Å². The summed E-state index contributed by atoms with van der Waals surface area (Å²) in [6, 6.07) is 1.89. The summed E-state index contributed by atoms with van der Waals surface area (Å²) in [5, 5.41) is 9.15. The van der Waals surface area contributed by atoms with Crippen LogP contribution in [0.15, 0.2) is 10.5 Å². The van der Waals surface area contributed by atoms with Gasteiger partial charge in [0.05, 0.1) is 6.42 Å². The van der Waals surface area contributed by atoms with Gasteiger partial charge < -0.3 is 14.6 Å². The van der Waals surface area contributed by atoms with Gasteiger partial charge in [-0.2, -0.15) is 0 Å². The number of carboxylic acid groups (broad SMARTS) is 1. The Kier molecular flexibility index (Phi) is 3.17. The molecule has 1 unspecified atom stereocenters. The lowest BCUT2D eigenvalue weighted by molar-refractivity contribution is -0.137. The van der Waals surface area contributed by atoms with Gasteiger partial charge in [-0.3, -0.25) is 4.79 Å². The minimum absolute atomic E-state index is 0.0189. The molecule has 1 saturated carbocycles. The van der Waals surface area contributed by atoms with E-state index >= 15 is 0 Å². The highest BCUT2D eigenvalue weighted by molar-refractivity contribution is 9.10. The molecule has 1 aromatic rings. The molecule has 1 N–H and O–H groups in total. The van der Waals surface area contributed by atoms with Gasteiger partial charge in [-0.25, -0.2) is 0 Å². The Balaban J connectivity index is 2.09. The number of carbonyl (C=O) groups is 1. The molecule has 0 amide bonds. The van der Waals surface area contributed by atoms with E-state index in [0.29, 0.717) is 11.7 Å². The van der Waals surface area contributed by atoms with Crippen LogP contribution in [0.25, 0.3) is 0 Å². The zero-order valence-corrected chi connectivity index (χ0v) is 12.2. The van der Waals surface area contributed by atoms with Crippen molar-refractivity contribution in [1.29, 1.82) is 0 Å². The monoisotopic (exact) mass is 326 g/mol. The van der Waals surface area contributed by atoms with Crippen molar-refractivity contribution in [2.24, 2.45) is 5.92 Å². The van der Waals surface area contributed by atoms with Crippen molar-refractivity contribution in [3.05, 3.63) is 21.7 Å². The summed E-state index contributed by atoms with van der Waals surface area (Å²) in [5.41, 5.74) is 2.06. The average molecular weight is 327 g/mol. The second kappa shape index (κ2) is 4.71. The summed E-state index contributed by atoms with van der Waals surface area (Å²) in [5.74, 6) is 1.16. The van der Waals surface area contributed by atoms with Crippen molar-refractivity contribution in [2.45, 2.75) is 32.1 Å². The Hall–Kier alpha value is -1.23. The van der Waals surface area contributed by atoms with E-state index < -0.39 is 5.97 Å². The first-order chi connectivity index (χ1) is 9.08. The number of benzene rings is 1. The highest BCUT2D eigenvalue weighted by Crippen LogP contribution is 2.52. The molecule has 1 atom stereocenters. The molecule has 4 nitrogen and oxygen atoms in total. The van der Waals surface area contributed by atoms with Crippen molar-refractivity contribution in [2.75, 3.05) is 6.79 Å². The first-order valence-corrected chi connectivity index (χ1v) is 7.17. The number of carboxylic acids is 1. The SMILES string of the molecule is Cc1c(Br)cc2c(c1C(CC(=O)O)C1CC1)OCO2. The van der Waals surface area contributed by atoms with Crippen molar-refractivity contribution in [3.8, 4) is 11.5 Å². The lowest BCUT2D eigenvalue weighted by atomic mass is 9.87. The van der Waals surface area contributed by atoms with Crippen LogP contribution >= 0.6 is 15.9 Å². The maximum Gasteiger partial charge on any atom is 0.303 e. The fourth-order valence-corrected chi connectivity index (χ4v) is 3.19. The molecule has 1 aliphatic carbocycles. The maximum atomic E-state index is 11.1. The van der Waals surface area contributed by atoms with Crippen LogP contribution in [-0.4, -0.2) is 17.9 Å². The van der Waals surface area contributed by atoms with Crippen molar-refractivity contribution >= 4 is 21.9 Å². The van der Waals surface area contributed by atoms with Crippen molar-refractivity contribution in [1.82, 2.24) is 0 Å². The molecule has 1 heterocycles. The van der Waals surface area contributed by atoms with Gasteiger partial charge in [0.15, 0.2) is 11.5 Å². The molecular weight excluding hydrogens is 312 g/mol. The van der Waals surface area contributed by atoms with Gasteiger partial charge in [0.25, 0.3) is 0 Å². The molecule has 102 valence electrons. The van der Waals surface area contributed by atoms with Crippen LogP contribution in [0, 0.1) is 12.8 Å². The molecule has 1 fully saturated rings. The molecular formula is C14H15BrO4. The summed E-state index contributed by atoms with van der Waals surface area (Å²) in [4.78, 5) is 11.1. The molecule has 1 aromatic carbocycles. The first-order valence-electron chi connectivity index (χ1n) is 6.38. The topological polar surface area (TPSA) is 55.8 Å². The third kappa shape index (κ3) is 2.31. The van der Waals surface area contributed by atoms with Gasteiger partial charge in [-0.1, -0.05) is 15.9 Å². The predicted octanol–water partition coefficient (Wildman–Crippen LogP) is 3.45. The molecule has 0 bridgehead atoms. The van der Waals surface area contributed by atoms with Crippen LogP contribution in [0.5, 0.6) is 11.5 Å². The average Bonchev–Trinajstić information content (AvgIpc) is 3.09. The smallest absolute Gasteiger partial charge is 0.303 e. The Morgan fingerprint density at radius 1 is 1.53 bits per heavy atom. The Bertz CT molecular complexity index is 537. The molecule has 0 radical (unpaired) electrons. The fourth-order valence-electron chi connectivity index (χ4n) is 2.77. The molecule has 3 rings (SSSR count). The van der Waals surface area contributed by atoms with Crippen LogP contribution < -0.4 is 9.47 Å². The number of hydrogen-bond donors (Lipinski definition) is 1. The predicted molar refractivity (Wildman–Crippen MR) is 72.7 cm³/mol. The van der Waals surface area contributed by atoms with E-state index in [9.17, 15) is 4.79 Å². The molecule has 2 aliphatic rings. The number of aliphatic carboxylic acids is 1. The molecule has 0 saturated heterocycles. The number of rotatable bonds is 4. The molecule has 5 heteroatoms. The van der Waals surface area contributed by atoms with E-state index in [1.54, 1.807) is 0 Å². The van der Waals surface area contributed by atoms with E-state index in [0.717, 1.165) is 34.2 Å². The highest BCUT2D eigenvalue weighted by atomic mass is 79.9. The van der Waals surface area contributed by atoms with Crippen molar-refractivity contribution < 1.29 is 19.4 Å². The lowest BCUT2D eigenvalue weighted by Crippen LogP contribution is -2.11. The largest absolute Gasteiger partial charge is 0.481 e. The third-order valence-corrected chi connectivity index (χ3v) is 4.69. The molecule has 19 heavy (non-hydrogen) atoms. The van der Waals surface area contributed by atoms with E-state index in [4.69, 9.17) is 14.6 Å². The lowest BCUT2D eigenvalue weighted by Gasteiger charge is -2.20. The summed E-state index contributed by atoms with van der Waals surface area (Å²) in [6.07, 6.45) is 2.34. The van der Waals surface area contributed by atoms with E-state index in [1.807, 2.05) is 13.0 Å². The minimum Gasteiger partial charge on any atom is -0.481 e. The van der Waals surface area contributed by atoms with Crippen LogP contribution in [-0.2, 0) is 4.79 Å². The molecule has 0 aromatic heterocycles. The van der Waals surface area contributed by atoms with E-state index in [-0.39, 0.29) is 19.1 Å². The third-order valence-electron chi connectivity index (χ3n) is 3.86. The Labute approximate surface area is 119 Å². The second-order valence-electron chi connectivity index (χ2n) is 5.17. The van der Waals surface area contributed by atoms with Crippen LogP contribution in [0.2, 0.25) is 0 Å². The number of halogens is 1. The molecule has 0 spiro atoms. The number of hydrogen-bond acceptors (Lipinski definition) is 3. The highest BCUT2D eigenvalue weighted by Gasteiger charge is 2.38. The number of fused-ring (bicyclic) bond motifs is 1. The standard InChI is InChI=1S/C14H15BrO4/c1-7-10(15)5-11-14(19-6-18-11)13(7)9(4-12(16)17)8-2-3-8/h5,8-9H,2-4,6H2,1H3,(H,16,17).